The molecule has 2 rings (SSSR count). The van der Waals surface area contributed by atoms with E-state index in [2.05, 4.69) is 22.1 Å². The van der Waals surface area contributed by atoms with Gasteiger partial charge in [-0.2, -0.15) is 0 Å². The fraction of sp³-hybridized carbons (Fsp3) is 0.600. The van der Waals surface area contributed by atoms with Gasteiger partial charge in [-0.15, -0.1) is 0 Å². The Balaban J connectivity index is 1.99. The van der Waals surface area contributed by atoms with E-state index >= 15 is 0 Å². The van der Waals surface area contributed by atoms with Gasteiger partial charge in [-0.25, -0.2) is 4.98 Å². The number of carbonyl (C=O) groups is 1. The largest absolute Gasteiger partial charge is 0.370 e. The minimum atomic E-state index is -0.0838. The van der Waals surface area contributed by atoms with Crippen LogP contribution in [-0.2, 0) is 0 Å². The number of hydrogen-bond donors (Lipinski definition) is 1. The summed E-state index contributed by atoms with van der Waals surface area (Å²) in [4.78, 5) is 18.5. The monoisotopic (exact) mass is 261 g/mol. The minimum Gasteiger partial charge on any atom is -0.370 e. The number of rotatable bonds is 4. The number of hydrogen-bond acceptors (Lipinski definition) is 3. The van der Waals surface area contributed by atoms with E-state index in [1.807, 2.05) is 25.3 Å². The van der Waals surface area contributed by atoms with Crippen molar-refractivity contribution in [3.05, 3.63) is 24.0 Å². The maximum Gasteiger partial charge on any atom is 0.270 e. The van der Waals surface area contributed by atoms with E-state index in [9.17, 15) is 4.79 Å². The molecular weight excluding hydrogens is 238 g/mol. The van der Waals surface area contributed by atoms with Crippen LogP contribution in [0.4, 0.5) is 5.69 Å². The molecule has 1 fully saturated rings. The minimum absolute atomic E-state index is 0.0838. The van der Waals surface area contributed by atoms with Gasteiger partial charge in [0.1, 0.15) is 5.69 Å². The lowest BCUT2D eigenvalue weighted by atomic mass is 10.1. The first-order chi connectivity index (χ1) is 9.20. The lowest BCUT2D eigenvalue weighted by Crippen LogP contribution is -2.33. The average Bonchev–Trinajstić information content (AvgIpc) is 2.48. The van der Waals surface area contributed by atoms with Crippen LogP contribution in [0.1, 0.15) is 50.0 Å². The average molecular weight is 261 g/mol. The molecule has 0 spiro atoms. The highest BCUT2D eigenvalue weighted by molar-refractivity contribution is 5.92. The van der Waals surface area contributed by atoms with E-state index in [0.29, 0.717) is 5.69 Å². The van der Waals surface area contributed by atoms with E-state index in [1.165, 1.54) is 19.3 Å². The van der Waals surface area contributed by atoms with Crippen LogP contribution in [0, 0.1) is 0 Å². The van der Waals surface area contributed by atoms with E-state index in [0.717, 1.165) is 25.2 Å². The standard InChI is InChI=1S/C15H23N3O/c1-3-12(2)17-15(19)14-8-7-13(11-16-14)18-9-5-4-6-10-18/h7-8,11-12H,3-6,9-10H2,1-2H3,(H,17,19). The van der Waals surface area contributed by atoms with Crippen molar-refractivity contribution in [1.82, 2.24) is 10.3 Å². The van der Waals surface area contributed by atoms with Crippen LogP contribution in [0.5, 0.6) is 0 Å². The molecule has 1 aliphatic rings. The van der Waals surface area contributed by atoms with Gasteiger partial charge in [-0.05, 0) is 44.7 Å². The molecule has 1 amide bonds. The molecule has 2 heterocycles. The molecule has 1 aromatic rings. The third-order valence-corrected chi connectivity index (χ3v) is 3.69. The fourth-order valence-corrected chi connectivity index (χ4v) is 2.26. The molecule has 1 aliphatic heterocycles. The molecule has 1 unspecified atom stereocenters. The van der Waals surface area contributed by atoms with Crippen molar-refractivity contribution >= 4 is 11.6 Å². The third kappa shape index (κ3) is 3.69. The van der Waals surface area contributed by atoms with Gasteiger partial charge >= 0.3 is 0 Å². The number of nitrogens with one attached hydrogen (secondary N) is 1. The molecule has 0 radical (unpaired) electrons. The molecule has 4 heteroatoms. The molecule has 0 aliphatic carbocycles. The molecule has 1 saturated heterocycles. The van der Waals surface area contributed by atoms with Crippen molar-refractivity contribution in [1.29, 1.82) is 0 Å². The Kier molecular flexibility index (Phi) is 4.77. The molecular formula is C15H23N3O. The molecule has 1 N–H and O–H groups in total. The van der Waals surface area contributed by atoms with Crippen molar-refractivity contribution in [2.45, 2.75) is 45.6 Å². The van der Waals surface area contributed by atoms with E-state index in [-0.39, 0.29) is 11.9 Å². The van der Waals surface area contributed by atoms with Gasteiger partial charge in [0.2, 0.25) is 0 Å². The number of amides is 1. The molecule has 0 aromatic carbocycles. The molecule has 0 bridgehead atoms. The summed E-state index contributed by atoms with van der Waals surface area (Å²) in [6.45, 7) is 6.25. The smallest absolute Gasteiger partial charge is 0.270 e. The predicted octanol–water partition coefficient (Wildman–Crippen LogP) is 2.60. The fourth-order valence-electron chi connectivity index (χ4n) is 2.26. The van der Waals surface area contributed by atoms with E-state index in [4.69, 9.17) is 0 Å². The van der Waals surface area contributed by atoms with Gasteiger partial charge in [0, 0.05) is 19.1 Å². The number of pyridine rings is 1. The topological polar surface area (TPSA) is 45.2 Å². The van der Waals surface area contributed by atoms with Crippen LogP contribution in [0.2, 0.25) is 0 Å². The van der Waals surface area contributed by atoms with Crippen molar-refractivity contribution in [2.24, 2.45) is 0 Å². The van der Waals surface area contributed by atoms with Crippen LogP contribution in [0.25, 0.3) is 0 Å². The molecule has 4 nitrogen and oxygen atoms in total. The number of aromatic nitrogens is 1. The zero-order chi connectivity index (χ0) is 13.7. The van der Waals surface area contributed by atoms with Crippen LogP contribution in [-0.4, -0.2) is 30.0 Å². The highest BCUT2D eigenvalue weighted by Gasteiger charge is 2.13. The van der Waals surface area contributed by atoms with Crippen molar-refractivity contribution in [3.8, 4) is 0 Å². The van der Waals surface area contributed by atoms with Crippen LogP contribution in [0.3, 0.4) is 0 Å². The van der Waals surface area contributed by atoms with E-state index in [1.54, 1.807) is 0 Å². The van der Waals surface area contributed by atoms with Gasteiger partial charge in [-0.3, -0.25) is 4.79 Å². The number of nitrogens with zero attached hydrogens (tertiary/aromatic N) is 2. The zero-order valence-electron chi connectivity index (χ0n) is 11.9. The van der Waals surface area contributed by atoms with Gasteiger partial charge in [0.25, 0.3) is 5.91 Å². The Morgan fingerprint density at radius 2 is 2.11 bits per heavy atom. The summed E-state index contributed by atoms with van der Waals surface area (Å²) in [6, 6.07) is 4.02. The molecule has 1 atom stereocenters. The van der Waals surface area contributed by atoms with Gasteiger partial charge < -0.3 is 10.2 Å². The van der Waals surface area contributed by atoms with Gasteiger partial charge in [0.15, 0.2) is 0 Å². The third-order valence-electron chi connectivity index (χ3n) is 3.69. The normalized spacial score (nSPS) is 17.1. The Hall–Kier alpha value is -1.58. The first-order valence-corrected chi connectivity index (χ1v) is 7.22. The second-order valence-corrected chi connectivity index (χ2v) is 5.23. The Morgan fingerprint density at radius 3 is 2.68 bits per heavy atom. The van der Waals surface area contributed by atoms with Crippen LogP contribution in [0.15, 0.2) is 18.3 Å². The van der Waals surface area contributed by atoms with Crippen LogP contribution < -0.4 is 10.2 Å². The summed E-state index contributed by atoms with van der Waals surface area (Å²) in [5.74, 6) is -0.0838. The number of anilines is 1. The first kappa shape index (κ1) is 13.8. The maximum atomic E-state index is 11.9. The summed E-state index contributed by atoms with van der Waals surface area (Å²) in [7, 11) is 0. The lowest BCUT2D eigenvalue weighted by Gasteiger charge is -2.28. The second kappa shape index (κ2) is 6.55. The first-order valence-electron chi connectivity index (χ1n) is 7.22. The predicted molar refractivity (Wildman–Crippen MR) is 77.5 cm³/mol. The maximum absolute atomic E-state index is 11.9. The highest BCUT2D eigenvalue weighted by atomic mass is 16.1. The van der Waals surface area contributed by atoms with Crippen molar-refractivity contribution in [3.63, 3.8) is 0 Å². The summed E-state index contributed by atoms with van der Waals surface area (Å²) >= 11 is 0. The lowest BCUT2D eigenvalue weighted by molar-refractivity contribution is 0.0934. The summed E-state index contributed by atoms with van der Waals surface area (Å²) in [6.07, 6.45) is 6.56. The van der Waals surface area contributed by atoms with Crippen molar-refractivity contribution in [2.75, 3.05) is 18.0 Å². The Bertz CT molecular complexity index is 410. The van der Waals surface area contributed by atoms with E-state index < -0.39 is 0 Å². The molecule has 1 aromatic heterocycles. The van der Waals surface area contributed by atoms with Crippen molar-refractivity contribution < 1.29 is 4.79 Å². The summed E-state index contributed by atoms with van der Waals surface area (Å²) in [5, 5.41) is 2.93. The number of piperidine rings is 1. The SMILES string of the molecule is CCC(C)NC(=O)c1ccc(N2CCCCC2)cn1. The number of carbonyl (C=O) groups excluding carboxylic acids is 1. The highest BCUT2D eigenvalue weighted by Crippen LogP contribution is 2.18. The zero-order valence-corrected chi connectivity index (χ0v) is 11.9. The Labute approximate surface area is 115 Å². The second-order valence-electron chi connectivity index (χ2n) is 5.23. The summed E-state index contributed by atoms with van der Waals surface area (Å²) < 4.78 is 0. The van der Waals surface area contributed by atoms with Gasteiger partial charge in [-0.1, -0.05) is 6.92 Å². The molecule has 19 heavy (non-hydrogen) atoms. The molecule has 104 valence electrons. The molecule has 0 saturated carbocycles. The summed E-state index contributed by atoms with van der Waals surface area (Å²) in [5.41, 5.74) is 1.63. The van der Waals surface area contributed by atoms with Crippen LogP contribution >= 0.6 is 0 Å². The quantitative estimate of drug-likeness (QED) is 0.906. The van der Waals surface area contributed by atoms with Gasteiger partial charge in [0.05, 0.1) is 11.9 Å². The Morgan fingerprint density at radius 1 is 1.37 bits per heavy atom.